The average Bonchev–Trinajstić information content (AvgIpc) is 1.65. The Morgan fingerprint density at radius 1 is 0.442 bits per heavy atom. The Morgan fingerprint density at radius 3 is 1.21 bits per heavy atom. The first-order valence-electron chi connectivity index (χ1n) is 34.4. The van der Waals surface area contributed by atoms with Gasteiger partial charge < -0.3 is 31.2 Å². The molecular weight excluding hydrogens is 1170 g/mol. The third kappa shape index (κ3) is 11.7. The minimum atomic E-state index is -0.389. The Labute approximate surface area is 560 Å². The monoisotopic (exact) mass is 1270 g/mol. The van der Waals surface area contributed by atoms with Crippen LogP contribution in [-0.4, -0.2) is 43.6 Å². The Morgan fingerprint density at radius 2 is 0.800 bits per heavy atom. The Balaban J connectivity index is 1.16. The Hall–Kier alpha value is -8.64. The first-order chi connectivity index (χ1) is 44.4. The van der Waals surface area contributed by atoms with Gasteiger partial charge in [-0.3, -0.25) is 19.2 Å². The zero-order chi connectivity index (χ0) is 67.8. The minimum Gasteiger partial charge on any atom is -0.354 e. The van der Waals surface area contributed by atoms with E-state index in [1.54, 1.807) is 0 Å². The summed E-state index contributed by atoms with van der Waals surface area (Å²) in [5, 5.41) is 13.8. The molecule has 14 rings (SSSR count). The van der Waals surface area contributed by atoms with Gasteiger partial charge in [0, 0.05) is 79.1 Å². The van der Waals surface area contributed by atoms with Gasteiger partial charge in [-0.25, -0.2) is 9.97 Å². The third-order valence-corrected chi connectivity index (χ3v) is 22.2. The summed E-state index contributed by atoms with van der Waals surface area (Å²) in [5.41, 5.74) is 16.9. The summed E-state index contributed by atoms with van der Waals surface area (Å²) in [4.78, 5) is 78.9. The number of benzene rings is 4. The van der Waals surface area contributed by atoms with Crippen LogP contribution in [0.3, 0.4) is 0 Å². The van der Waals surface area contributed by atoms with Crippen molar-refractivity contribution in [3.05, 3.63) is 142 Å². The van der Waals surface area contributed by atoms with E-state index in [4.69, 9.17) is 9.97 Å². The number of hydrogen-bond donors (Lipinski definition) is 6. The number of fused-ring (bicyclic) bond motifs is 14. The predicted molar refractivity (Wildman–Crippen MR) is 391 cm³/mol. The van der Waals surface area contributed by atoms with Gasteiger partial charge in [0.2, 0.25) is 23.6 Å². The molecule has 490 valence electrons. The lowest BCUT2D eigenvalue weighted by molar-refractivity contribution is -0.118. The smallest absolute Gasteiger partial charge is 0.228 e. The normalized spacial score (nSPS) is 22.3. The molecular formula is C83H94N8O4. The van der Waals surface area contributed by atoms with E-state index in [2.05, 4.69) is 241 Å². The Bertz CT molecular complexity index is 4640. The maximum atomic E-state index is 15.2. The third-order valence-electron chi connectivity index (χ3n) is 22.2. The van der Waals surface area contributed by atoms with Crippen LogP contribution in [0, 0.1) is 45.3 Å². The van der Waals surface area contributed by atoms with Gasteiger partial charge in [0.1, 0.15) is 0 Å². The van der Waals surface area contributed by atoms with Crippen LogP contribution in [0.25, 0.3) is 90.9 Å². The second-order valence-corrected chi connectivity index (χ2v) is 35.0. The first kappa shape index (κ1) is 63.7. The van der Waals surface area contributed by atoms with Gasteiger partial charge in [-0.05, 0) is 182 Å². The zero-order valence-electron chi connectivity index (χ0n) is 58.9. The van der Waals surface area contributed by atoms with Crippen molar-refractivity contribution in [1.29, 1.82) is 0 Å². The van der Waals surface area contributed by atoms with E-state index in [1.165, 1.54) is 11.1 Å². The number of nitrogens with one attached hydrogen (secondary N) is 6. The zero-order valence-corrected chi connectivity index (χ0v) is 58.9. The van der Waals surface area contributed by atoms with Gasteiger partial charge in [-0.1, -0.05) is 173 Å². The molecule has 12 bridgehead atoms. The fourth-order valence-corrected chi connectivity index (χ4v) is 15.4. The lowest BCUT2D eigenvalue weighted by Gasteiger charge is -2.32. The number of anilines is 4. The summed E-state index contributed by atoms with van der Waals surface area (Å²) in [6.07, 6.45) is 12.1. The van der Waals surface area contributed by atoms with Crippen molar-refractivity contribution in [2.24, 2.45) is 45.3 Å². The fraction of sp³-hybridized carbons (Fsp3) is 0.422. The molecule has 4 fully saturated rings. The molecule has 12 nitrogen and oxygen atoms in total. The topological polar surface area (TPSA) is 174 Å². The second kappa shape index (κ2) is 21.4. The molecule has 95 heavy (non-hydrogen) atoms. The lowest BCUT2D eigenvalue weighted by atomic mass is 9.72. The van der Waals surface area contributed by atoms with Crippen molar-refractivity contribution in [3.63, 3.8) is 0 Å². The number of aromatic nitrogens is 4. The number of aromatic amines is 2. The van der Waals surface area contributed by atoms with Gasteiger partial charge in [0.25, 0.3) is 0 Å². The van der Waals surface area contributed by atoms with E-state index in [-0.39, 0.29) is 90.6 Å². The van der Waals surface area contributed by atoms with Crippen LogP contribution in [-0.2, 0) is 40.8 Å². The SMILES string of the molecule is CC(C)(C)c1cc(-c2c3nc(c(-c4c(NC(=O)[C@H]5CC5(C)C)cccc4NC(=O)[C@H]4CC4(C)C)c4ccc([nH]4)c4c5nc(c(c6ccc2[nH]6)-c2c(NC(=O)[C@H]6CC6(C)C)cccc2NC(=O)[C@H]2CC2(C)CC(C)(C)c2cc-4cc(C(C)(C)C)c2)C=C5)C=C3)cc(C(C)(C)C)c1. The van der Waals surface area contributed by atoms with E-state index in [9.17, 15) is 14.4 Å². The first-order valence-corrected chi connectivity index (χ1v) is 34.4. The van der Waals surface area contributed by atoms with Crippen molar-refractivity contribution in [3.8, 4) is 44.5 Å². The van der Waals surface area contributed by atoms with Gasteiger partial charge in [0.05, 0.1) is 45.5 Å². The molecule has 6 N–H and O–H groups in total. The number of hydrogen-bond acceptors (Lipinski definition) is 6. The van der Waals surface area contributed by atoms with Crippen molar-refractivity contribution >= 4 is 92.7 Å². The maximum Gasteiger partial charge on any atom is 0.228 e. The molecule has 1 unspecified atom stereocenters. The van der Waals surface area contributed by atoms with Crippen LogP contribution in [0.4, 0.5) is 22.7 Å². The van der Waals surface area contributed by atoms with Crippen LogP contribution in [0.5, 0.6) is 0 Å². The van der Waals surface area contributed by atoms with Crippen LogP contribution < -0.4 is 21.3 Å². The molecule has 12 heteroatoms. The molecule has 4 aliphatic carbocycles. The average molecular weight is 1270 g/mol. The predicted octanol–water partition coefficient (Wildman–Crippen LogP) is 19.8. The van der Waals surface area contributed by atoms with Crippen molar-refractivity contribution in [1.82, 2.24) is 19.9 Å². The molecule has 0 radical (unpaired) electrons. The largest absolute Gasteiger partial charge is 0.354 e. The fourth-order valence-electron chi connectivity index (χ4n) is 15.4. The van der Waals surface area contributed by atoms with Crippen LogP contribution in [0.15, 0.2) is 97.1 Å². The molecule has 0 spiro atoms. The van der Waals surface area contributed by atoms with Gasteiger partial charge in [-0.2, -0.15) is 0 Å². The molecule has 7 aliphatic rings. The summed E-state index contributed by atoms with van der Waals surface area (Å²) < 4.78 is 0. The number of amides is 4. The highest BCUT2D eigenvalue weighted by atomic mass is 16.2. The summed E-state index contributed by atoms with van der Waals surface area (Å²) in [6, 6.07) is 34.0. The van der Waals surface area contributed by atoms with Gasteiger partial charge >= 0.3 is 0 Å². The number of nitrogens with zero attached hydrogens (tertiary/aromatic N) is 2. The van der Waals surface area contributed by atoms with E-state index >= 15 is 4.79 Å². The molecule has 3 aliphatic heterocycles. The van der Waals surface area contributed by atoms with E-state index in [0.29, 0.717) is 78.8 Å². The van der Waals surface area contributed by atoms with Crippen molar-refractivity contribution in [2.45, 2.75) is 178 Å². The standard InChI is InChI=1S/C83H94N8O4/c1-76(2,3)46-33-44(34-47(37-46)77(4,5)6)66-58-25-29-62(84-58)70(68-54(88-72(92)50-39-79(50,10)11)21-19-22-55(68)89-73(93)51-40-80(51,12)13)63-31-27-60(86-63)67-45-35-48(78(7,8)9)38-49(36-45)82(16,17)43-83(18)42-53(83)75(95)91-57-24-20-23-56(90-74(94)52-41-81(52,14)15)69(57)71(64-30-26-59(66)85-64)65-32-28-61(67)87-65/h19-38,50-53,85-86H,39-43H2,1-18H3,(H,88,92)(H,89,93)(H,90,94)(H,91,95)/t50-,51-,52-,53-,83?/m1/s1. The quantitative estimate of drug-likeness (QED) is 0.0883. The van der Waals surface area contributed by atoms with E-state index < -0.39 is 0 Å². The molecule has 5 atom stereocenters. The number of H-pyrrole nitrogens is 2. The van der Waals surface area contributed by atoms with Crippen LogP contribution in [0.1, 0.15) is 202 Å². The minimum absolute atomic E-state index is 0.0561. The Kier molecular flexibility index (Phi) is 14.4. The molecule has 4 saturated carbocycles. The van der Waals surface area contributed by atoms with Crippen molar-refractivity contribution < 1.29 is 19.2 Å². The molecule has 4 amide bonds. The molecule has 3 aromatic heterocycles. The number of carbonyl (C=O) groups excluding carboxylic acids is 4. The van der Waals surface area contributed by atoms with Crippen molar-refractivity contribution in [2.75, 3.05) is 21.3 Å². The van der Waals surface area contributed by atoms with Gasteiger partial charge in [-0.15, -0.1) is 0 Å². The summed E-state index contributed by atoms with van der Waals surface area (Å²) >= 11 is 0. The molecule has 0 saturated heterocycles. The molecule has 4 aromatic carbocycles. The second-order valence-electron chi connectivity index (χ2n) is 35.0. The lowest BCUT2D eigenvalue weighted by Crippen LogP contribution is -2.26. The van der Waals surface area contributed by atoms with Gasteiger partial charge in [0.15, 0.2) is 0 Å². The highest BCUT2D eigenvalue weighted by Crippen LogP contribution is 2.61. The summed E-state index contributed by atoms with van der Waals surface area (Å²) in [7, 11) is 0. The molecule has 7 aromatic rings. The van der Waals surface area contributed by atoms with Crippen LogP contribution in [0.2, 0.25) is 0 Å². The highest BCUT2D eigenvalue weighted by molar-refractivity contribution is 6.12. The number of carbonyl (C=O) groups is 4. The summed E-state index contributed by atoms with van der Waals surface area (Å²) in [6.45, 7) is 39.9. The highest BCUT2D eigenvalue weighted by Gasteiger charge is 2.57. The van der Waals surface area contributed by atoms with E-state index in [0.717, 1.165) is 76.5 Å². The van der Waals surface area contributed by atoms with Crippen LogP contribution >= 0.6 is 0 Å². The summed E-state index contributed by atoms with van der Waals surface area (Å²) in [5.74, 6) is -1.10. The number of rotatable bonds is 8. The molecule has 6 heterocycles. The maximum absolute atomic E-state index is 15.2. The van der Waals surface area contributed by atoms with E-state index in [1.807, 2.05) is 36.4 Å².